The molecule has 0 unspecified atom stereocenters. The van der Waals surface area contributed by atoms with Crippen LogP contribution >= 0.6 is 0 Å². The summed E-state index contributed by atoms with van der Waals surface area (Å²) >= 11 is 0. The Morgan fingerprint density at radius 2 is 2.12 bits per heavy atom. The largest absolute Gasteiger partial charge is 0.565 e. The Hall–Kier alpha value is 0.534. The average molecular weight is 192 g/mol. The zero-order valence-electron chi connectivity index (χ0n) is 4.53. The van der Waals surface area contributed by atoms with Gasteiger partial charge in [0.25, 0.3) is 5.97 Å². The van der Waals surface area contributed by atoms with Crippen molar-refractivity contribution < 1.29 is 47.7 Å². The molecule has 0 aromatic heterocycles. The SMILES string of the molecule is C[C@@H]([CH-]O)C(=O)O.[Y]. The molecule has 0 aliphatic heterocycles. The van der Waals surface area contributed by atoms with E-state index in [1.54, 1.807) is 0 Å². The van der Waals surface area contributed by atoms with Crippen LogP contribution in [0.5, 0.6) is 0 Å². The Balaban J connectivity index is 0. The molecule has 1 radical (unpaired) electrons. The molecule has 0 fully saturated rings. The van der Waals surface area contributed by atoms with E-state index >= 15 is 0 Å². The van der Waals surface area contributed by atoms with Gasteiger partial charge in [-0.3, -0.25) is 4.79 Å². The van der Waals surface area contributed by atoms with Crippen LogP contribution < -0.4 is 0 Å². The van der Waals surface area contributed by atoms with Crippen LogP contribution in [0, 0.1) is 12.5 Å². The summed E-state index contributed by atoms with van der Waals surface area (Å²) in [6, 6.07) is 0. The third kappa shape index (κ3) is 4.69. The minimum Gasteiger partial charge on any atom is -0.565 e. The van der Waals surface area contributed by atoms with Crippen molar-refractivity contribution in [3.8, 4) is 0 Å². The third-order valence-electron chi connectivity index (χ3n) is 0.613. The molecule has 0 heterocycles. The summed E-state index contributed by atoms with van der Waals surface area (Å²) in [6.45, 7) is 2.03. The second-order valence-electron chi connectivity index (χ2n) is 1.28. The van der Waals surface area contributed by atoms with Gasteiger partial charge >= 0.3 is 0 Å². The molecule has 0 aliphatic rings. The Morgan fingerprint density at radius 1 is 1.75 bits per heavy atom. The van der Waals surface area contributed by atoms with Crippen LogP contribution in [0.25, 0.3) is 0 Å². The number of hydrogen-bond donors (Lipinski definition) is 2. The van der Waals surface area contributed by atoms with Gasteiger partial charge in [-0.25, -0.2) is 6.61 Å². The molecule has 0 aromatic rings. The van der Waals surface area contributed by atoms with Gasteiger partial charge in [-0.15, -0.1) is 0 Å². The topological polar surface area (TPSA) is 57.5 Å². The number of hydrogen-bond acceptors (Lipinski definition) is 2. The summed E-state index contributed by atoms with van der Waals surface area (Å²) in [7, 11) is 0. The number of carboxylic acid groups (broad SMARTS) is 1. The minimum atomic E-state index is -1.01. The first-order valence-electron chi connectivity index (χ1n) is 1.89. The molecule has 0 saturated carbocycles. The van der Waals surface area contributed by atoms with E-state index in [2.05, 4.69) is 0 Å². The van der Waals surface area contributed by atoms with Gasteiger partial charge in [0.15, 0.2) is 0 Å². The van der Waals surface area contributed by atoms with Crippen LogP contribution in [0.1, 0.15) is 6.92 Å². The van der Waals surface area contributed by atoms with E-state index in [0.717, 1.165) is 0 Å². The van der Waals surface area contributed by atoms with E-state index in [9.17, 15) is 4.79 Å². The van der Waals surface area contributed by atoms with E-state index < -0.39 is 11.9 Å². The van der Waals surface area contributed by atoms with Crippen molar-refractivity contribution in [1.82, 2.24) is 0 Å². The maximum Gasteiger partial charge on any atom is 0.277 e. The standard InChI is InChI=1S/C4H7O3.Y/c1-3(2-5)4(6)7;/h2-3,5H,1H3,(H,6,7);/q-1;/t3-;/m0./s1. The molecule has 0 bridgehead atoms. The van der Waals surface area contributed by atoms with Crippen LogP contribution in [0.4, 0.5) is 0 Å². The fraction of sp³-hybridized carbons (Fsp3) is 0.500. The van der Waals surface area contributed by atoms with Crippen LogP contribution in [-0.2, 0) is 37.5 Å². The molecule has 45 valence electrons. The van der Waals surface area contributed by atoms with Crippen molar-refractivity contribution in [3.63, 3.8) is 0 Å². The normalized spacial score (nSPS) is 11.8. The Morgan fingerprint density at radius 3 is 2.12 bits per heavy atom. The number of aliphatic hydroxyl groups is 1. The smallest absolute Gasteiger partial charge is 0.277 e. The van der Waals surface area contributed by atoms with Crippen LogP contribution in [-0.4, -0.2) is 16.2 Å². The fourth-order valence-electron chi connectivity index (χ4n) is 0.0638. The number of carbonyl (C=O) groups is 1. The summed E-state index contributed by atoms with van der Waals surface area (Å²) in [5.41, 5.74) is 0. The molecule has 0 spiro atoms. The molecule has 2 N–H and O–H groups in total. The predicted molar refractivity (Wildman–Crippen MR) is 23.0 cm³/mol. The molecule has 8 heavy (non-hydrogen) atoms. The average Bonchev–Trinajstić information content (AvgIpc) is 1.65. The summed E-state index contributed by atoms with van der Waals surface area (Å²) in [4.78, 5) is 9.74. The van der Waals surface area contributed by atoms with Gasteiger partial charge in [0, 0.05) is 32.7 Å². The second kappa shape index (κ2) is 5.67. The van der Waals surface area contributed by atoms with E-state index in [1.165, 1.54) is 6.92 Å². The van der Waals surface area contributed by atoms with Crippen molar-refractivity contribution in [3.05, 3.63) is 6.61 Å². The Labute approximate surface area is 73.0 Å². The van der Waals surface area contributed by atoms with Gasteiger partial charge in [0.2, 0.25) is 0 Å². The molecule has 0 aliphatic carbocycles. The Kier molecular flexibility index (Phi) is 8.04. The first kappa shape index (κ1) is 11.3. The number of aliphatic hydroxyl groups excluding tert-OH is 1. The van der Waals surface area contributed by atoms with Crippen molar-refractivity contribution in [2.45, 2.75) is 6.92 Å². The summed E-state index contributed by atoms with van der Waals surface area (Å²) in [5, 5.41) is 16.0. The van der Waals surface area contributed by atoms with Gasteiger partial charge in [-0.2, -0.15) is 0 Å². The number of carboxylic acids is 1. The van der Waals surface area contributed by atoms with Gasteiger partial charge in [-0.05, 0) is 5.92 Å². The molecule has 0 saturated heterocycles. The van der Waals surface area contributed by atoms with Crippen molar-refractivity contribution >= 4 is 5.97 Å². The molecule has 0 amide bonds. The molecule has 4 heteroatoms. The van der Waals surface area contributed by atoms with Crippen molar-refractivity contribution in [2.75, 3.05) is 0 Å². The van der Waals surface area contributed by atoms with Gasteiger partial charge < -0.3 is 10.2 Å². The summed E-state index contributed by atoms with van der Waals surface area (Å²) in [6.07, 6.45) is 0. The zero-order chi connectivity index (χ0) is 5.86. The first-order chi connectivity index (χ1) is 3.18. The minimum absolute atomic E-state index is 0. The van der Waals surface area contributed by atoms with E-state index in [4.69, 9.17) is 10.2 Å². The molecular weight excluding hydrogens is 185 g/mol. The molecule has 1 atom stereocenters. The number of rotatable bonds is 2. The van der Waals surface area contributed by atoms with E-state index in [0.29, 0.717) is 6.61 Å². The van der Waals surface area contributed by atoms with Crippen LogP contribution in [0.3, 0.4) is 0 Å². The number of aliphatic carboxylic acids is 1. The molecule has 0 aromatic carbocycles. The van der Waals surface area contributed by atoms with Crippen molar-refractivity contribution in [2.24, 2.45) is 5.92 Å². The predicted octanol–water partition coefficient (Wildman–Crippen LogP) is 0.239. The van der Waals surface area contributed by atoms with Gasteiger partial charge in [-0.1, -0.05) is 6.92 Å². The maximum atomic E-state index is 9.74. The molecule has 0 rings (SSSR count). The van der Waals surface area contributed by atoms with Crippen molar-refractivity contribution in [1.29, 1.82) is 0 Å². The fourth-order valence-corrected chi connectivity index (χ4v) is 0.0638. The van der Waals surface area contributed by atoms with Crippen LogP contribution in [0.2, 0.25) is 0 Å². The summed E-state index contributed by atoms with van der Waals surface area (Å²) < 4.78 is 0. The van der Waals surface area contributed by atoms with E-state index in [-0.39, 0.29) is 32.7 Å². The first-order valence-corrected chi connectivity index (χ1v) is 1.89. The molecule has 3 nitrogen and oxygen atoms in total. The van der Waals surface area contributed by atoms with Crippen LogP contribution in [0.15, 0.2) is 0 Å². The molecular formula is C4H7O3Y-. The van der Waals surface area contributed by atoms with Gasteiger partial charge in [0.1, 0.15) is 0 Å². The third-order valence-corrected chi connectivity index (χ3v) is 0.613. The van der Waals surface area contributed by atoms with E-state index in [1.807, 2.05) is 0 Å². The monoisotopic (exact) mass is 192 g/mol. The van der Waals surface area contributed by atoms with Gasteiger partial charge in [0.05, 0.1) is 0 Å². The summed E-state index contributed by atoms with van der Waals surface area (Å²) in [5.74, 6) is -1.76. The maximum absolute atomic E-state index is 9.74. The quantitative estimate of drug-likeness (QED) is 0.616. The Bertz CT molecular complexity index is 73.7. The zero-order valence-corrected chi connectivity index (χ0v) is 7.37. The second-order valence-corrected chi connectivity index (χ2v) is 1.28.